The van der Waals surface area contributed by atoms with Crippen molar-refractivity contribution in [1.29, 1.82) is 0 Å². The minimum atomic E-state index is -3.93. The van der Waals surface area contributed by atoms with Crippen LogP contribution in [0.3, 0.4) is 0 Å². The van der Waals surface area contributed by atoms with Crippen LogP contribution in [0.2, 0.25) is 0 Å². The fourth-order valence-corrected chi connectivity index (χ4v) is 5.55. The monoisotopic (exact) mass is 534 g/mol. The minimum absolute atomic E-state index is 0.0391. The molecular weight excluding hydrogens is 504 g/mol. The van der Waals surface area contributed by atoms with Gasteiger partial charge in [0.1, 0.15) is 11.6 Å². The Bertz CT molecular complexity index is 1560. The third-order valence-corrected chi connectivity index (χ3v) is 7.76. The first-order valence-electron chi connectivity index (χ1n) is 12.3. The fraction of sp³-hybridized carbons (Fsp3) is 0.241. The number of methoxy groups -OCH3 is 1. The standard InChI is InChI=1S/C29H30N2O6S/c1-5-23-24-8-6-7-9-25(24)37-27(23)28(32)30-21-14-10-19(11-15-21)20-12-16-22(17-13-20)38(34,35)31-26(18(2)3)29(33)36-4/h6-18,26,31H,5H2,1-4H3,(H,30,32)/t26-/m0/s1. The average molecular weight is 535 g/mol. The number of hydrogen-bond donors (Lipinski definition) is 2. The van der Waals surface area contributed by atoms with E-state index in [0.29, 0.717) is 23.5 Å². The largest absolute Gasteiger partial charge is 0.468 e. The highest BCUT2D eigenvalue weighted by molar-refractivity contribution is 7.89. The third kappa shape index (κ3) is 5.64. The molecule has 1 heterocycles. The average Bonchev–Trinajstić information content (AvgIpc) is 3.30. The first kappa shape index (κ1) is 27.1. The number of anilines is 1. The number of rotatable bonds is 9. The topological polar surface area (TPSA) is 115 Å². The number of aryl methyl sites for hydroxylation is 1. The lowest BCUT2D eigenvalue weighted by Crippen LogP contribution is -2.44. The molecule has 1 atom stereocenters. The van der Waals surface area contributed by atoms with Crippen molar-refractivity contribution in [2.45, 2.75) is 38.1 Å². The van der Waals surface area contributed by atoms with Crippen LogP contribution < -0.4 is 10.0 Å². The van der Waals surface area contributed by atoms with Crippen LogP contribution in [0, 0.1) is 5.92 Å². The molecule has 0 radical (unpaired) electrons. The summed E-state index contributed by atoms with van der Waals surface area (Å²) in [5.41, 5.74) is 3.78. The number of carbonyl (C=O) groups is 2. The van der Waals surface area contributed by atoms with Crippen LogP contribution in [-0.4, -0.2) is 33.4 Å². The molecule has 0 saturated heterocycles. The molecule has 38 heavy (non-hydrogen) atoms. The quantitative estimate of drug-likeness (QED) is 0.278. The maximum Gasteiger partial charge on any atom is 0.324 e. The molecule has 198 valence electrons. The first-order chi connectivity index (χ1) is 18.1. The zero-order chi connectivity index (χ0) is 27.4. The van der Waals surface area contributed by atoms with Gasteiger partial charge in [0.15, 0.2) is 5.76 Å². The van der Waals surface area contributed by atoms with Crippen LogP contribution in [0.1, 0.15) is 36.9 Å². The summed E-state index contributed by atoms with van der Waals surface area (Å²) < 4.78 is 38.6. The number of fused-ring (bicyclic) bond motifs is 1. The molecule has 4 rings (SSSR count). The van der Waals surface area contributed by atoms with E-state index in [1.807, 2.05) is 43.3 Å². The number of hydrogen-bond acceptors (Lipinski definition) is 6. The number of sulfonamides is 1. The van der Waals surface area contributed by atoms with Gasteiger partial charge in [0.2, 0.25) is 10.0 Å². The number of carbonyl (C=O) groups excluding carboxylic acids is 2. The normalized spacial score (nSPS) is 12.4. The van der Waals surface area contributed by atoms with E-state index in [1.54, 1.807) is 38.1 Å². The lowest BCUT2D eigenvalue weighted by atomic mass is 10.1. The number of benzene rings is 3. The maximum atomic E-state index is 12.9. The van der Waals surface area contributed by atoms with Gasteiger partial charge in [0.05, 0.1) is 12.0 Å². The maximum absolute atomic E-state index is 12.9. The zero-order valence-corrected chi connectivity index (χ0v) is 22.5. The van der Waals surface area contributed by atoms with E-state index in [0.717, 1.165) is 22.1 Å². The number of nitrogens with one attached hydrogen (secondary N) is 2. The number of para-hydroxylation sites is 1. The Morgan fingerprint density at radius 2 is 1.53 bits per heavy atom. The minimum Gasteiger partial charge on any atom is -0.468 e. The van der Waals surface area contributed by atoms with Gasteiger partial charge >= 0.3 is 5.97 Å². The first-order valence-corrected chi connectivity index (χ1v) is 13.7. The molecule has 1 amide bonds. The van der Waals surface area contributed by atoms with Crippen molar-refractivity contribution in [1.82, 2.24) is 4.72 Å². The van der Waals surface area contributed by atoms with Crippen LogP contribution in [0.5, 0.6) is 0 Å². The summed E-state index contributed by atoms with van der Waals surface area (Å²) >= 11 is 0. The third-order valence-electron chi connectivity index (χ3n) is 6.30. The van der Waals surface area contributed by atoms with Gasteiger partial charge < -0.3 is 14.5 Å². The highest BCUT2D eigenvalue weighted by Crippen LogP contribution is 2.28. The Labute approximate surface area is 222 Å². The number of esters is 1. The number of ether oxygens (including phenoxy) is 1. The zero-order valence-electron chi connectivity index (χ0n) is 21.6. The van der Waals surface area contributed by atoms with Gasteiger partial charge in [0, 0.05) is 16.6 Å². The smallest absolute Gasteiger partial charge is 0.324 e. The summed E-state index contributed by atoms with van der Waals surface area (Å²) in [6, 6.07) is 20.1. The molecule has 2 N–H and O–H groups in total. The van der Waals surface area contributed by atoms with Gasteiger partial charge in [-0.05, 0) is 53.8 Å². The molecule has 0 aliphatic heterocycles. The summed E-state index contributed by atoms with van der Waals surface area (Å²) in [6.45, 7) is 5.45. The Morgan fingerprint density at radius 3 is 2.11 bits per heavy atom. The number of amides is 1. The second kappa shape index (κ2) is 11.2. The van der Waals surface area contributed by atoms with Crippen molar-refractivity contribution in [2.75, 3.05) is 12.4 Å². The predicted molar refractivity (Wildman–Crippen MR) is 146 cm³/mol. The summed E-state index contributed by atoms with van der Waals surface area (Å²) in [7, 11) is -2.71. The summed E-state index contributed by atoms with van der Waals surface area (Å²) in [6.07, 6.45) is 0.667. The molecule has 0 aliphatic rings. The molecule has 0 unspecified atom stereocenters. The van der Waals surface area contributed by atoms with Crippen LogP contribution in [0.15, 0.2) is 82.1 Å². The van der Waals surface area contributed by atoms with E-state index < -0.39 is 22.0 Å². The van der Waals surface area contributed by atoms with Crippen molar-refractivity contribution in [2.24, 2.45) is 5.92 Å². The summed E-state index contributed by atoms with van der Waals surface area (Å²) in [5, 5.41) is 3.82. The van der Waals surface area contributed by atoms with Crippen molar-refractivity contribution in [3.05, 3.63) is 84.1 Å². The van der Waals surface area contributed by atoms with Gasteiger partial charge in [-0.25, -0.2) is 8.42 Å². The molecule has 9 heteroatoms. The van der Waals surface area contributed by atoms with Crippen LogP contribution in [0.4, 0.5) is 5.69 Å². The molecule has 0 saturated carbocycles. The van der Waals surface area contributed by atoms with Crippen molar-refractivity contribution >= 4 is 38.6 Å². The fourth-order valence-electron chi connectivity index (χ4n) is 4.21. The van der Waals surface area contributed by atoms with Gasteiger partial charge in [0.25, 0.3) is 5.91 Å². The van der Waals surface area contributed by atoms with Crippen molar-refractivity contribution < 1.29 is 27.2 Å². The lowest BCUT2D eigenvalue weighted by Gasteiger charge is -2.19. The molecule has 0 bridgehead atoms. The molecular formula is C29H30N2O6S. The summed E-state index contributed by atoms with van der Waals surface area (Å²) in [5.74, 6) is -0.941. The van der Waals surface area contributed by atoms with Crippen LogP contribution in [0.25, 0.3) is 22.1 Å². The summed E-state index contributed by atoms with van der Waals surface area (Å²) in [4.78, 5) is 24.9. The molecule has 0 fully saturated rings. The Hall–Kier alpha value is -3.95. The van der Waals surface area contributed by atoms with Gasteiger partial charge in [-0.1, -0.05) is 63.2 Å². The van der Waals surface area contributed by atoms with Gasteiger partial charge in [-0.3, -0.25) is 9.59 Å². The van der Waals surface area contributed by atoms with Crippen LogP contribution in [-0.2, 0) is 26.0 Å². The lowest BCUT2D eigenvalue weighted by molar-refractivity contribution is -0.143. The SMILES string of the molecule is CCc1c(C(=O)Nc2ccc(-c3ccc(S(=O)(=O)N[C@H](C(=O)OC)C(C)C)cc3)cc2)oc2ccccc12. The highest BCUT2D eigenvalue weighted by Gasteiger charge is 2.29. The second-order valence-corrected chi connectivity index (χ2v) is 10.9. The van der Waals surface area contributed by atoms with Crippen molar-refractivity contribution in [3.63, 3.8) is 0 Å². The van der Waals surface area contributed by atoms with Gasteiger partial charge in [-0.2, -0.15) is 4.72 Å². The second-order valence-electron chi connectivity index (χ2n) is 9.18. The van der Waals surface area contributed by atoms with E-state index >= 15 is 0 Å². The van der Waals surface area contributed by atoms with E-state index in [-0.39, 0.29) is 16.7 Å². The van der Waals surface area contributed by atoms with Crippen LogP contribution >= 0.6 is 0 Å². The van der Waals surface area contributed by atoms with E-state index in [9.17, 15) is 18.0 Å². The molecule has 0 aliphatic carbocycles. The Kier molecular flexibility index (Phi) is 7.99. The van der Waals surface area contributed by atoms with Crippen molar-refractivity contribution in [3.8, 4) is 11.1 Å². The molecule has 3 aromatic carbocycles. The molecule has 4 aromatic rings. The molecule has 0 spiro atoms. The Balaban J connectivity index is 1.48. The van der Waals surface area contributed by atoms with E-state index in [2.05, 4.69) is 10.0 Å². The van der Waals surface area contributed by atoms with E-state index in [1.165, 1.54) is 19.2 Å². The Morgan fingerprint density at radius 1 is 0.921 bits per heavy atom. The highest BCUT2D eigenvalue weighted by atomic mass is 32.2. The molecule has 1 aromatic heterocycles. The predicted octanol–water partition coefficient (Wildman–Crippen LogP) is 5.39. The van der Waals surface area contributed by atoms with E-state index in [4.69, 9.17) is 9.15 Å². The molecule has 8 nitrogen and oxygen atoms in total. The van der Waals surface area contributed by atoms with Gasteiger partial charge in [-0.15, -0.1) is 0 Å². The number of furan rings is 1.